The monoisotopic (exact) mass is 224 g/mol. The molecular weight excluding hydrogens is 208 g/mol. The molecule has 1 aliphatic heterocycles. The number of benzene rings is 1. The van der Waals surface area contributed by atoms with Gasteiger partial charge in [-0.25, -0.2) is 0 Å². The van der Waals surface area contributed by atoms with Gasteiger partial charge in [-0.1, -0.05) is 18.2 Å². The molecule has 1 nitrogen and oxygen atoms in total. The maximum atomic E-state index is 6.26. The van der Waals surface area contributed by atoms with Crippen LogP contribution >= 0.6 is 11.6 Å². The molecule has 0 amide bonds. The Labute approximate surface area is 96.4 Å². The summed E-state index contributed by atoms with van der Waals surface area (Å²) in [7, 11) is 0. The molecule has 15 heavy (non-hydrogen) atoms. The lowest BCUT2D eigenvalue weighted by atomic mass is 9.83. The van der Waals surface area contributed by atoms with Crippen LogP contribution in [-0.2, 0) is 0 Å². The van der Waals surface area contributed by atoms with Crippen molar-refractivity contribution in [1.29, 1.82) is 0 Å². The van der Waals surface area contributed by atoms with Gasteiger partial charge in [-0.2, -0.15) is 0 Å². The number of fused-ring (bicyclic) bond motifs is 1. The highest BCUT2D eigenvalue weighted by Crippen LogP contribution is 2.43. The maximum Gasteiger partial charge on any atom is 0.123 e. The van der Waals surface area contributed by atoms with Crippen molar-refractivity contribution >= 4 is 11.6 Å². The Hall–Kier alpha value is -0.690. The number of ether oxygens (including phenoxy) is 1. The van der Waals surface area contributed by atoms with Crippen LogP contribution in [0.1, 0.15) is 38.7 Å². The summed E-state index contributed by atoms with van der Waals surface area (Å²) in [6.45, 7) is 6.30. The van der Waals surface area contributed by atoms with Gasteiger partial charge in [0.2, 0.25) is 0 Å². The van der Waals surface area contributed by atoms with Crippen molar-refractivity contribution in [2.24, 2.45) is 0 Å². The number of rotatable bonds is 1. The van der Waals surface area contributed by atoms with Gasteiger partial charge in [0.15, 0.2) is 0 Å². The van der Waals surface area contributed by atoms with E-state index in [0.29, 0.717) is 5.92 Å². The first-order chi connectivity index (χ1) is 6.99. The van der Waals surface area contributed by atoms with Gasteiger partial charge in [0, 0.05) is 11.3 Å². The fourth-order valence-electron chi connectivity index (χ4n) is 2.27. The molecular formula is C13H17ClO. The lowest BCUT2D eigenvalue weighted by Crippen LogP contribution is -2.36. The second kappa shape index (κ2) is 3.71. The first-order valence-corrected chi connectivity index (χ1v) is 5.85. The van der Waals surface area contributed by atoms with Gasteiger partial charge < -0.3 is 4.74 Å². The van der Waals surface area contributed by atoms with E-state index in [1.165, 1.54) is 5.56 Å². The molecule has 2 unspecified atom stereocenters. The smallest absolute Gasteiger partial charge is 0.123 e. The molecule has 1 aliphatic rings. The highest BCUT2D eigenvalue weighted by molar-refractivity contribution is 6.20. The van der Waals surface area contributed by atoms with Gasteiger partial charge in [0.25, 0.3) is 0 Å². The Balaban J connectivity index is 2.43. The van der Waals surface area contributed by atoms with Crippen LogP contribution in [0.15, 0.2) is 24.3 Å². The van der Waals surface area contributed by atoms with Crippen molar-refractivity contribution < 1.29 is 4.74 Å². The van der Waals surface area contributed by atoms with Crippen molar-refractivity contribution in [3.63, 3.8) is 0 Å². The van der Waals surface area contributed by atoms with Crippen LogP contribution in [0.3, 0.4) is 0 Å². The fourth-order valence-corrected chi connectivity index (χ4v) is 2.49. The zero-order valence-electron chi connectivity index (χ0n) is 9.46. The number of hydrogen-bond donors (Lipinski definition) is 0. The molecule has 0 spiro atoms. The Morgan fingerprint density at radius 2 is 2.07 bits per heavy atom. The highest BCUT2D eigenvalue weighted by Gasteiger charge is 2.35. The zero-order chi connectivity index (χ0) is 11.1. The molecule has 2 heteroatoms. The number of alkyl halides is 1. The van der Waals surface area contributed by atoms with E-state index in [2.05, 4.69) is 26.8 Å². The van der Waals surface area contributed by atoms with Crippen molar-refractivity contribution in [2.45, 2.75) is 44.1 Å². The van der Waals surface area contributed by atoms with E-state index in [0.717, 1.165) is 12.2 Å². The molecule has 0 aliphatic carbocycles. The van der Waals surface area contributed by atoms with Crippen LogP contribution in [0.25, 0.3) is 0 Å². The van der Waals surface area contributed by atoms with Crippen LogP contribution in [-0.4, -0.2) is 11.0 Å². The van der Waals surface area contributed by atoms with Gasteiger partial charge >= 0.3 is 0 Å². The number of para-hydroxylation sites is 1. The Kier molecular flexibility index (Phi) is 2.68. The summed E-state index contributed by atoms with van der Waals surface area (Å²) in [5.74, 6) is 1.39. The third-order valence-electron chi connectivity index (χ3n) is 2.97. The average Bonchev–Trinajstić information content (AvgIpc) is 2.14. The lowest BCUT2D eigenvalue weighted by molar-refractivity contribution is 0.0718. The summed E-state index contributed by atoms with van der Waals surface area (Å²) in [6.07, 6.45) is 0.981. The molecule has 82 valence electrons. The van der Waals surface area contributed by atoms with Crippen LogP contribution in [0, 0.1) is 0 Å². The summed E-state index contributed by atoms with van der Waals surface area (Å²) in [5, 5.41) is 0.148. The van der Waals surface area contributed by atoms with Gasteiger partial charge in [-0.15, -0.1) is 11.6 Å². The summed E-state index contributed by atoms with van der Waals surface area (Å²) >= 11 is 6.26. The Morgan fingerprint density at radius 3 is 2.73 bits per heavy atom. The SMILES string of the molecule is CC(Cl)C1CC(C)(C)Oc2ccccc21. The van der Waals surface area contributed by atoms with Crippen LogP contribution in [0.4, 0.5) is 0 Å². The summed E-state index contributed by atoms with van der Waals surface area (Å²) in [6, 6.07) is 8.21. The van der Waals surface area contributed by atoms with Gasteiger partial charge in [-0.05, 0) is 38.8 Å². The first kappa shape index (κ1) is 10.8. The van der Waals surface area contributed by atoms with Crippen LogP contribution < -0.4 is 4.74 Å². The van der Waals surface area contributed by atoms with Crippen molar-refractivity contribution in [3.8, 4) is 5.75 Å². The standard InChI is InChI=1S/C13H17ClO/c1-9(14)11-8-13(2,3)15-12-7-5-4-6-10(11)12/h4-7,9,11H,8H2,1-3H3. The van der Waals surface area contributed by atoms with E-state index in [1.54, 1.807) is 0 Å². The Morgan fingerprint density at radius 1 is 1.40 bits per heavy atom. The average molecular weight is 225 g/mol. The molecule has 0 bridgehead atoms. The molecule has 1 aromatic carbocycles. The molecule has 0 saturated carbocycles. The van der Waals surface area contributed by atoms with E-state index < -0.39 is 0 Å². The second-order valence-corrected chi connectivity index (χ2v) is 5.58. The minimum absolute atomic E-state index is 0.109. The second-order valence-electron chi connectivity index (χ2n) is 4.89. The van der Waals surface area contributed by atoms with E-state index >= 15 is 0 Å². The maximum absolute atomic E-state index is 6.26. The third kappa shape index (κ3) is 2.12. The van der Waals surface area contributed by atoms with E-state index in [1.807, 2.05) is 18.2 Å². The lowest BCUT2D eigenvalue weighted by Gasteiger charge is -2.38. The molecule has 1 aromatic rings. The molecule has 2 rings (SSSR count). The number of halogens is 1. The highest BCUT2D eigenvalue weighted by atomic mass is 35.5. The number of hydrogen-bond acceptors (Lipinski definition) is 1. The zero-order valence-corrected chi connectivity index (χ0v) is 10.2. The van der Waals surface area contributed by atoms with Gasteiger partial charge in [0.05, 0.1) is 0 Å². The minimum Gasteiger partial charge on any atom is -0.488 e. The van der Waals surface area contributed by atoms with E-state index in [9.17, 15) is 0 Å². The van der Waals surface area contributed by atoms with E-state index in [4.69, 9.17) is 16.3 Å². The normalized spacial score (nSPS) is 25.2. The van der Waals surface area contributed by atoms with Crippen molar-refractivity contribution in [2.75, 3.05) is 0 Å². The quantitative estimate of drug-likeness (QED) is 0.657. The Bertz CT molecular complexity index is 357. The first-order valence-electron chi connectivity index (χ1n) is 5.41. The molecule has 2 atom stereocenters. The van der Waals surface area contributed by atoms with Gasteiger partial charge in [-0.3, -0.25) is 0 Å². The molecule has 0 radical (unpaired) electrons. The molecule has 0 aromatic heterocycles. The van der Waals surface area contributed by atoms with Crippen LogP contribution in [0.5, 0.6) is 5.75 Å². The largest absolute Gasteiger partial charge is 0.488 e. The van der Waals surface area contributed by atoms with Crippen molar-refractivity contribution in [1.82, 2.24) is 0 Å². The predicted octanol–water partition coefficient (Wildman–Crippen LogP) is 3.96. The topological polar surface area (TPSA) is 9.23 Å². The third-order valence-corrected chi connectivity index (χ3v) is 3.27. The summed E-state index contributed by atoms with van der Waals surface area (Å²) in [5.41, 5.74) is 1.14. The summed E-state index contributed by atoms with van der Waals surface area (Å²) in [4.78, 5) is 0. The predicted molar refractivity (Wildman–Crippen MR) is 63.8 cm³/mol. The van der Waals surface area contributed by atoms with Gasteiger partial charge in [0.1, 0.15) is 11.4 Å². The minimum atomic E-state index is -0.109. The van der Waals surface area contributed by atoms with Crippen LogP contribution in [0.2, 0.25) is 0 Å². The van der Waals surface area contributed by atoms with E-state index in [-0.39, 0.29) is 11.0 Å². The molecule has 1 heterocycles. The fraction of sp³-hybridized carbons (Fsp3) is 0.538. The molecule has 0 fully saturated rings. The molecule has 0 N–H and O–H groups in total. The molecule has 0 saturated heterocycles. The van der Waals surface area contributed by atoms with Crippen molar-refractivity contribution in [3.05, 3.63) is 29.8 Å². The summed E-state index contributed by atoms with van der Waals surface area (Å²) < 4.78 is 5.94.